The third-order valence-corrected chi connectivity index (χ3v) is 5.72. The molecule has 4 nitrogen and oxygen atoms in total. The van der Waals surface area contributed by atoms with E-state index in [9.17, 15) is 4.79 Å². The van der Waals surface area contributed by atoms with Crippen LogP contribution in [0.25, 0.3) is 21.5 Å². The number of fused-ring (bicyclic) bond motifs is 2. The van der Waals surface area contributed by atoms with Gasteiger partial charge in [0.25, 0.3) is 0 Å². The van der Waals surface area contributed by atoms with Gasteiger partial charge in [0.1, 0.15) is 5.75 Å². The zero-order chi connectivity index (χ0) is 22.8. The number of hydrogen-bond donors (Lipinski definition) is 0. The van der Waals surface area contributed by atoms with E-state index in [4.69, 9.17) is 14.2 Å². The SMILES string of the molecule is COc1cccc(OC)c1Oc1ccccc1C(=O)c1cccc2cc3ccccc3cc12. The lowest BCUT2D eigenvalue weighted by atomic mass is 9.94. The summed E-state index contributed by atoms with van der Waals surface area (Å²) in [6, 6.07) is 30.8. The van der Waals surface area contributed by atoms with Gasteiger partial charge in [-0.15, -0.1) is 0 Å². The van der Waals surface area contributed by atoms with Crippen molar-refractivity contribution < 1.29 is 19.0 Å². The number of carbonyl (C=O) groups excluding carboxylic acids is 1. The zero-order valence-electron chi connectivity index (χ0n) is 18.4. The van der Waals surface area contributed by atoms with E-state index >= 15 is 0 Å². The third-order valence-electron chi connectivity index (χ3n) is 5.72. The molecule has 0 N–H and O–H groups in total. The van der Waals surface area contributed by atoms with Gasteiger partial charge < -0.3 is 14.2 Å². The van der Waals surface area contributed by atoms with Crippen molar-refractivity contribution in [2.75, 3.05) is 14.2 Å². The molecule has 0 unspecified atom stereocenters. The Morgan fingerprint density at radius 1 is 0.576 bits per heavy atom. The van der Waals surface area contributed by atoms with Crippen LogP contribution in [0.2, 0.25) is 0 Å². The van der Waals surface area contributed by atoms with Gasteiger partial charge in [0.05, 0.1) is 19.8 Å². The Balaban J connectivity index is 1.62. The highest BCUT2D eigenvalue weighted by atomic mass is 16.5. The molecule has 5 aromatic carbocycles. The van der Waals surface area contributed by atoms with Gasteiger partial charge in [0.15, 0.2) is 17.3 Å². The van der Waals surface area contributed by atoms with Crippen LogP contribution in [0.3, 0.4) is 0 Å². The van der Waals surface area contributed by atoms with Crippen LogP contribution < -0.4 is 14.2 Å². The Morgan fingerprint density at radius 2 is 1.12 bits per heavy atom. The Labute approximate surface area is 192 Å². The maximum atomic E-state index is 13.8. The lowest BCUT2D eigenvalue weighted by Crippen LogP contribution is -2.05. The monoisotopic (exact) mass is 434 g/mol. The molecule has 5 aromatic rings. The summed E-state index contributed by atoms with van der Waals surface area (Å²) in [6.07, 6.45) is 0. The van der Waals surface area contributed by atoms with Crippen molar-refractivity contribution in [1.29, 1.82) is 0 Å². The zero-order valence-corrected chi connectivity index (χ0v) is 18.4. The molecule has 33 heavy (non-hydrogen) atoms. The van der Waals surface area contributed by atoms with Gasteiger partial charge >= 0.3 is 0 Å². The standard InChI is InChI=1S/C29H22O4/c1-31-26-15-8-16-27(32-2)29(26)33-25-14-6-5-12-23(25)28(30)22-13-7-11-21-17-19-9-3-4-10-20(19)18-24(21)22/h3-18H,1-2H3. The number of ether oxygens (including phenoxy) is 3. The molecule has 0 aliphatic heterocycles. The summed E-state index contributed by atoms with van der Waals surface area (Å²) in [5.41, 5.74) is 1.09. The van der Waals surface area contributed by atoms with E-state index in [-0.39, 0.29) is 5.78 Å². The number of hydrogen-bond acceptors (Lipinski definition) is 4. The molecule has 0 bridgehead atoms. The highest BCUT2D eigenvalue weighted by Gasteiger charge is 2.20. The molecule has 0 aliphatic carbocycles. The van der Waals surface area contributed by atoms with E-state index in [1.165, 1.54) is 0 Å². The lowest BCUT2D eigenvalue weighted by Gasteiger charge is -2.16. The van der Waals surface area contributed by atoms with Crippen molar-refractivity contribution in [3.8, 4) is 23.0 Å². The van der Waals surface area contributed by atoms with E-state index in [2.05, 4.69) is 24.3 Å². The second kappa shape index (κ2) is 8.67. The highest BCUT2D eigenvalue weighted by Crippen LogP contribution is 2.41. The van der Waals surface area contributed by atoms with Gasteiger partial charge in [0, 0.05) is 5.56 Å². The van der Waals surface area contributed by atoms with E-state index in [0.717, 1.165) is 21.5 Å². The summed E-state index contributed by atoms with van der Waals surface area (Å²) in [5, 5.41) is 4.16. The van der Waals surface area contributed by atoms with Gasteiger partial charge in [-0.1, -0.05) is 60.7 Å². The normalized spacial score (nSPS) is 10.8. The van der Waals surface area contributed by atoms with Crippen LogP contribution >= 0.6 is 0 Å². The molecule has 162 valence electrons. The first kappa shape index (κ1) is 20.6. The minimum absolute atomic E-state index is 0.111. The van der Waals surface area contributed by atoms with Crippen molar-refractivity contribution in [3.05, 3.63) is 108 Å². The van der Waals surface area contributed by atoms with E-state index in [0.29, 0.717) is 34.1 Å². The first-order valence-electron chi connectivity index (χ1n) is 10.6. The smallest absolute Gasteiger partial charge is 0.211 e. The van der Waals surface area contributed by atoms with Crippen molar-refractivity contribution >= 4 is 27.3 Å². The largest absolute Gasteiger partial charge is 0.493 e. The van der Waals surface area contributed by atoms with Gasteiger partial charge in [-0.25, -0.2) is 0 Å². The molecule has 5 rings (SSSR count). The first-order valence-corrected chi connectivity index (χ1v) is 10.6. The lowest BCUT2D eigenvalue weighted by molar-refractivity contribution is 0.103. The predicted octanol–water partition coefficient (Wildman–Crippen LogP) is 7.03. The maximum Gasteiger partial charge on any atom is 0.211 e. The second-order valence-corrected chi connectivity index (χ2v) is 7.65. The van der Waals surface area contributed by atoms with E-state index in [1.807, 2.05) is 48.5 Å². The van der Waals surface area contributed by atoms with Gasteiger partial charge in [-0.2, -0.15) is 0 Å². The molecule has 0 aliphatic rings. The van der Waals surface area contributed by atoms with Crippen molar-refractivity contribution in [1.82, 2.24) is 0 Å². The molecule has 0 atom stereocenters. The number of ketones is 1. The molecule has 0 saturated heterocycles. The maximum absolute atomic E-state index is 13.8. The molecule has 0 fully saturated rings. The fourth-order valence-electron chi connectivity index (χ4n) is 4.08. The summed E-state index contributed by atoms with van der Waals surface area (Å²) in [5.74, 6) is 1.79. The molecular weight excluding hydrogens is 412 g/mol. The summed E-state index contributed by atoms with van der Waals surface area (Å²) in [7, 11) is 3.14. The topological polar surface area (TPSA) is 44.8 Å². The van der Waals surface area contributed by atoms with Crippen molar-refractivity contribution in [3.63, 3.8) is 0 Å². The van der Waals surface area contributed by atoms with Crippen molar-refractivity contribution in [2.45, 2.75) is 0 Å². The molecule has 0 heterocycles. The molecule has 0 saturated carbocycles. The number of para-hydroxylation sites is 2. The fraction of sp³-hybridized carbons (Fsp3) is 0.0690. The minimum atomic E-state index is -0.111. The van der Waals surface area contributed by atoms with Crippen LogP contribution in [-0.4, -0.2) is 20.0 Å². The average Bonchev–Trinajstić information content (AvgIpc) is 2.87. The van der Waals surface area contributed by atoms with Crippen LogP contribution in [0.4, 0.5) is 0 Å². The van der Waals surface area contributed by atoms with Gasteiger partial charge in [-0.3, -0.25) is 4.79 Å². The van der Waals surface area contributed by atoms with E-state index in [1.54, 1.807) is 38.5 Å². The highest BCUT2D eigenvalue weighted by molar-refractivity contribution is 6.19. The molecular formula is C29H22O4. The molecule has 0 aromatic heterocycles. The Hall–Kier alpha value is -4.31. The number of benzene rings is 5. The van der Waals surface area contributed by atoms with Crippen LogP contribution in [-0.2, 0) is 0 Å². The van der Waals surface area contributed by atoms with Gasteiger partial charge in [-0.05, 0) is 57.9 Å². The number of methoxy groups -OCH3 is 2. The summed E-state index contributed by atoms with van der Waals surface area (Å²) >= 11 is 0. The molecule has 0 radical (unpaired) electrons. The van der Waals surface area contributed by atoms with Crippen LogP contribution in [0.5, 0.6) is 23.0 Å². The second-order valence-electron chi connectivity index (χ2n) is 7.65. The van der Waals surface area contributed by atoms with Crippen LogP contribution in [0.15, 0.2) is 97.1 Å². The average molecular weight is 434 g/mol. The number of carbonyl (C=O) groups is 1. The first-order chi connectivity index (χ1) is 16.2. The van der Waals surface area contributed by atoms with Crippen LogP contribution in [0, 0.1) is 0 Å². The molecule has 4 heteroatoms. The third kappa shape index (κ3) is 3.76. The van der Waals surface area contributed by atoms with Crippen molar-refractivity contribution in [2.24, 2.45) is 0 Å². The summed E-state index contributed by atoms with van der Waals surface area (Å²) in [4.78, 5) is 13.8. The fourth-order valence-corrected chi connectivity index (χ4v) is 4.08. The Morgan fingerprint density at radius 3 is 1.85 bits per heavy atom. The number of rotatable bonds is 6. The minimum Gasteiger partial charge on any atom is -0.493 e. The molecule has 0 spiro atoms. The molecule has 0 amide bonds. The summed E-state index contributed by atoms with van der Waals surface area (Å²) < 4.78 is 17.1. The predicted molar refractivity (Wildman–Crippen MR) is 131 cm³/mol. The van der Waals surface area contributed by atoms with E-state index < -0.39 is 0 Å². The Bertz CT molecular complexity index is 1460. The quantitative estimate of drug-likeness (QED) is 0.212. The van der Waals surface area contributed by atoms with Gasteiger partial charge in [0.2, 0.25) is 5.75 Å². The Kier molecular flexibility index (Phi) is 5.41. The van der Waals surface area contributed by atoms with Crippen LogP contribution in [0.1, 0.15) is 15.9 Å². The summed E-state index contributed by atoms with van der Waals surface area (Å²) in [6.45, 7) is 0.